The van der Waals surface area contributed by atoms with Crippen LogP contribution in [0.2, 0.25) is 0 Å². The van der Waals surface area contributed by atoms with Gasteiger partial charge in [0, 0.05) is 11.6 Å². The lowest BCUT2D eigenvalue weighted by molar-refractivity contribution is -0.124. The molecule has 182 valence electrons. The summed E-state index contributed by atoms with van der Waals surface area (Å²) in [6.07, 6.45) is 1.77. The Balaban J connectivity index is 1.45. The average Bonchev–Trinajstić information content (AvgIpc) is 3.62. The molecule has 3 saturated heterocycles. The molecule has 7 heteroatoms. The van der Waals surface area contributed by atoms with Gasteiger partial charge in [-0.2, -0.15) is 0 Å². The van der Waals surface area contributed by atoms with Gasteiger partial charge in [0.15, 0.2) is 0 Å². The van der Waals surface area contributed by atoms with Crippen molar-refractivity contribution >= 4 is 28.4 Å². The molecular formula is C30H24N4O3. The van der Waals surface area contributed by atoms with Gasteiger partial charge in [0.1, 0.15) is 11.4 Å². The molecule has 2 amide bonds. The van der Waals surface area contributed by atoms with Crippen molar-refractivity contribution < 1.29 is 9.59 Å². The van der Waals surface area contributed by atoms with Crippen LogP contribution in [-0.2, 0) is 15.1 Å². The summed E-state index contributed by atoms with van der Waals surface area (Å²) < 4.78 is 1.70. The standard InChI is InChI=1S/C30H24N4O3/c1-17-12-14-18(15-13-17)33-27(36)24-23-11-6-16-32(23)30(25(24)28(33)37)20-8-3-5-10-22(20)34-26(35)19-7-2-4-9-21(19)31-29(30)34/h2-5,7-10,12-15,23-25H,6,11,16H2,1H3/t23?,24-,25+,30?/m0/s1. The quantitative estimate of drug-likeness (QED) is 0.383. The first-order chi connectivity index (χ1) is 18.0. The van der Waals surface area contributed by atoms with Gasteiger partial charge >= 0.3 is 0 Å². The van der Waals surface area contributed by atoms with Crippen molar-refractivity contribution in [2.24, 2.45) is 11.8 Å². The molecule has 1 spiro atoms. The van der Waals surface area contributed by atoms with E-state index in [4.69, 9.17) is 4.98 Å². The molecule has 0 bridgehead atoms. The van der Waals surface area contributed by atoms with Gasteiger partial charge in [-0.05, 0) is 56.6 Å². The first kappa shape index (κ1) is 21.0. The van der Waals surface area contributed by atoms with Crippen molar-refractivity contribution in [2.45, 2.75) is 31.3 Å². The number of carbonyl (C=O) groups excluding carboxylic acids is 2. The molecule has 1 aromatic heterocycles. The molecule has 8 rings (SSSR count). The van der Waals surface area contributed by atoms with E-state index in [1.54, 1.807) is 10.6 Å². The number of amides is 2. The summed E-state index contributed by atoms with van der Waals surface area (Å²) in [6.45, 7) is 2.73. The minimum Gasteiger partial charge on any atom is -0.283 e. The Labute approximate surface area is 213 Å². The van der Waals surface area contributed by atoms with Crippen LogP contribution in [0.15, 0.2) is 77.6 Å². The molecule has 37 heavy (non-hydrogen) atoms. The van der Waals surface area contributed by atoms with Crippen molar-refractivity contribution in [3.05, 3.63) is 100 Å². The summed E-state index contributed by atoms with van der Waals surface area (Å²) in [6, 6.07) is 22.6. The van der Waals surface area contributed by atoms with Gasteiger partial charge < -0.3 is 0 Å². The Kier molecular flexibility index (Phi) is 3.99. The van der Waals surface area contributed by atoms with Crippen molar-refractivity contribution in [3.8, 4) is 5.69 Å². The average molecular weight is 489 g/mol. The molecule has 4 atom stereocenters. The van der Waals surface area contributed by atoms with Crippen LogP contribution in [0.3, 0.4) is 0 Å². The Morgan fingerprint density at radius 2 is 1.65 bits per heavy atom. The summed E-state index contributed by atoms with van der Waals surface area (Å²) in [5, 5.41) is 0.542. The minimum atomic E-state index is -0.974. The zero-order valence-corrected chi connectivity index (χ0v) is 20.3. The Morgan fingerprint density at radius 3 is 2.49 bits per heavy atom. The highest BCUT2D eigenvalue weighted by Gasteiger charge is 2.73. The SMILES string of the molecule is Cc1ccc(N2C(=O)[C@H]3C4CCCN4C4(c5ccccc5-n5c4nc4ccccc4c5=O)[C@H]3C2=O)cc1. The third kappa shape index (κ3) is 2.36. The molecule has 4 aliphatic heterocycles. The number of para-hydroxylation sites is 2. The van der Waals surface area contributed by atoms with Crippen LogP contribution < -0.4 is 10.5 Å². The lowest BCUT2D eigenvalue weighted by Gasteiger charge is -2.38. The number of aromatic nitrogens is 2. The highest BCUT2D eigenvalue weighted by molar-refractivity contribution is 6.23. The van der Waals surface area contributed by atoms with Crippen LogP contribution in [-0.4, -0.2) is 38.9 Å². The molecule has 3 aromatic carbocycles. The molecule has 0 radical (unpaired) electrons. The van der Waals surface area contributed by atoms with Gasteiger partial charge in [0.2, 0.25) is 11.8 Å². The molecule has 0 saturated carbocycles. The van der Waals surface area contributed by atoms with Crippen molar-refractivity contribution in [1.82, 2.24) is 14.5 Å². The Bertz CT molecular complexity index is 1730. The maximum Gasteiger partial charge on any atom is 0.266 e. The van der Waals surface area contributed by atoms with Crippen molar-refractivity contribution in [1.29, 1.82) is 0 Å². The van der Waals surface area contributed by atoms with E-state index in [-0.39, 0.29) is 23.4 Å². The van der Waals surface area contributed by atoms with Crippen LogP contribution in [0, 0.1) is 18.8 Å². The van der Waals surface area contributed by atoms with E-state index < -0.39 is 17.4 Å². The van der Waals surface area contributed by atoms with Crippen LogP contribution in [0.1, 0.15) is 29.8 Å². The number of nitrogens with zero attached hydrogens (tertiary/aromatic N) is 4. The highest BCUT2D eigenvalue weighted by atomic mass is 16.2. The van der Waals surface area contributed by atoms with Gasteiger partial charge in [0.05, 0.1) is 34.1 Å². The zero-order chi connectivity index (χ0) is 25.1. The smallest absolute Gasteiger partial charge is 0.266 e. The van der Waals surface area contributed by atoms with E-state index in [0.717, 1.165) is 36.2 Å². The summed E-state index contributed by atoms with van der Waals surface area (Å²) >= 11 is 0. The number of imide groups is 1. The Hall–Kier alpha value is -4.10. The van der Waals surface area contributed by atoms with E-state index in [9.17, 15) is 14.4 Å². The molecule has 4 aromatic rings. The lowest BCUT2D eigenvalue weighted by Crippen LogP contribution is -2.51. The summed E-state index contributed by atoms with van der Waals surface area (Å²) in [5.41, 5.74) is 2.80. The van der Waals surface area contributed by atoms with Crippen LogP contribution in [0.5, 0.6) is 0 Å². The number of aryl methyl sites for hydroxylation is 1. The molecule has 7 nitrogen and oxygen atoms in total. The second-order valence-electron chi connectivity index (χ2n) is 10.6. The number of hydrogen-bond acceptors (Lipinski definition) is 5. The second kappa shape index (κ2) is 7.01. The third-order valence-electron chi connectivity index (χ3n) is 8.93. The first-order valence-electron chi connectivity index (χ1n) is 12.9. The fourth-order valence-corrected chi connectivity index (χ4v) is 7.56. The van der Waals surface area contributed by atoms with Crippen LogP contribution in [0.25, 0.3) is 16.6 Å². The summed E-state index contributed by atoms with van der Waals surface area (Å²) in [4.78, 5) is 51.2. The topological polar surface area (TPSA) is 75.5 Å². The van der Waals surface area contributed by atoms with Gasteiger partial charge in [-0.3, -0.25) is 23.9 Å². The number of benzene rings is 3. The van der Waals surface area contributed by atoms with Gasteiger partial charge in [-0.25, -0.2) is 9.88 Å². The largest absolute Gasteiger partial charge is 0.283 e. The van der Waals surface area contributed by atoms with Crippen LogP contribution >= 0.6 is 0 Å². The fraction of sp³-hybridized carbons (Fsp3) is 0.267. The van der Waals surface area contributed by atoms with E-state index in [0.29, 0.717) is 22.4 Å². The summed E-state index contributed by atoms with van der Waals surface area (Å²) in [7, 11) is 0. The first-order valence-corrected chi connectivity index (χ1v) is 12.9. The fourth-order valence-electron chi connectivity index (χ4n) is 7.56. The number of hydrogen-bond donors (Lipinski definition) is 0. The van der Waals surface area contributed by atoms with Gasteiger partial charge in [0.25, 0.3) is 5.56 Å². The predicted molar refractivity (Wildman–Crippen MR) is 138 cm³/mol. The summed E-state index contributed by atoms with van der Waals surface area (Å²) in [5.74, 6) is -0.942. The van der Waals surface area contributed by atoms with E-state index >= 15 is 0 Å². The molecule has 5 heterocycles. The molecule has 2 unspecified atom stereocenters. The van der Waals surface area contributed by atoms with E-state index in [2.05, 4.69) is 4.90 Å². The maximum absolute atomic E-state index is 14.4. The van der Waals surface area contributed by atoms with Crippen LogP contribution in [0.4, 0.5) is 5.69 Å². The number of fused-ring (bicyclic) bond motifs is 11. The normalized spacial score (nSPS) is 27.7. The minimum absolute atomic E-state index is 0.0834. The van der Waals surface area contributed by atoms with Crippen molar-refractivity contribution in [3.63, 3.8) is 0 Å². The van der Waals surface area contributed by atoms with Gasteiger partial charge in [-0.15, -0.1) is 0 Å². The number of carbonyl (C=O) groups is 2. The Morgan fingerprint density at radius 1 is 0.892 bits per heavy atom. The van der Waals surface area contributed by atoms with Gasteiger partial charge in [-0.1, -0.05) is 48.0 Å². The number of anilines is 1. The number of rotatable bonds is 1. The van der Waals surface area contributed by atoms with E-state index in [1.165, 1.54) is 4.90 Å². The maximum atomic E-state index is 14.4. The van der Waals surface area contributed by atoms with Crippen molar-refractivity contribution in [2.75, 3.05) is 11.4 Å². The second-order valence-corrected chi connectivity index (χ2v) is 10.6. The molecular weight excluding hydrogens is 464 g/mol. The monoisotopic (exact) mass is 488 g/mol. The van der Waals surface area contributed by atoms with E-state index in [1.807, 2.05) is 73.7 Å². The molecule has 0 aliphatic carbocycles. The molecule has 3 fully saturated rings. The highest BCUT2D eigenvalue weighted by Crippen LogP contribution is 2.62. The molecule has 4 aliphatic rings. The zero-order valence-electron chi connectivity index (χ0n) is 20.3. The third-order valence-corrected chi connectivity index (χ3v) is 8.93. The lowest BCUT2D eigenvalue weighted by atomic mass is 9.75. The predicted octanol–water partition coefficient (Wildman–Crippen LogP) is 3.53. The molecule has 0 N–H and O–H groups in total.